The number of phenolic OH excluding ortho intramolecular Hbond substituents is 1. The van der Waals surface area contributed by atoms with Gasteiger partial charge in [-0.05, 0) is 12.1 Å². The molecule has 98 valence electrons. The summed E-state index contributed by atoms with van der Waals surface area (Å²) >= 11 is 0. The number of nitrogens with one attached hydrogen (secondary N) is 1. The minimum Gasteiger partial charge on any atom is -0.505 e. The second-order valence-corrected chi connectivity index (χ2v) is 3.40. The molecule has 0 saturated heterocycles. The van der Waals surface area contributed by atoms with E-state index in [-0.39, 0.29) is 16.9 Å². The molecule has 0 unspecified atom stereocenters. The van der Waals surface area contributed by atoms with E-state index >= 15 is 0 Å². The predicted octanol–water partition coefficient (Wildman–Crippen LogP) is 1.42. The Morgan fingerprint density at radius 1 is 1.25 bits per heavy atom. The molecule has 0 aliphatic carbocycles. The van der Waals surface area contributed by atoms with Crippen LogP contribution in [0.3, 0.4) is 0 Å². The fraction of sp³-hybridized carbons (Fsp3) is 0.0769. The third kappa shape index (κ3) is 2.84. The van der Waals surface area contributed by atoms with Crippen molar-refractivity contribution in [3.63, 3.8) is 0 Å². The van der Waals surface area contributed by atoms with Crippen LogP contribution in [0, 0.1) is 34.0 Å². The fourth-order valence-electron chi connectivity index (χ4n) is 1.34. The number of hydrogen-bond donors (Lipinski definition) is 2. The van der Waals surface area contributed by atoms with Gasteiger partial charge in [0, 0.05) is 0 Å². The van der Waals surface area contributed by atoms with Gasteiger partial charge < -0.3 is 15.2 Å². The van der Waals surface area contributed by atoms with Crippen molar-refractivity contribution in [2.24, 2.45) is 0 Å². The summed E-state index contributed by atoms with van der Waals surface area (Å²) in [7, 11) is 1.16. The maximum absolute atomic E-state index is 11.4. The molecule has 7 heteroatoms. The lowest BCUT2D eigenvalue weighted by molar-refractivity contribution is 0.0597. The van der Waals surface area contributed by atoms with Gasteiger partial charge in [-0.2, -0.15) is 15.8 Å². The fourth-order valence-corrected chi connectivity index (χ4v) is 1.34. The van der Waals surface area contributed by atoms with Crippen molar-refractivity contribution in [1.82, 2.24) is 0 Å². The Balaban J connectivity index is 3.29. The molecule has 0 heterocycles. The summed E-state index contributed by atoms with van der Waals surface area (Å²) in [5.74, 6) is -1.20. The summed E-state index contributed by atoms with van der Waals surface area (Å²) in [6.07, 6.45) is 0. The molecule has 0 saturated carbocycles. The lowest BCUT2D eigenvalue weighted by Crippen LogP contribution is -2.05. The van der Waals surface area contributed by atoms with Gasteiger partial charge in [0.05, 0.1) is 12.8 Å². The van der Waals surface area contributed by atoms with E-state index < -0.39 is 17.3 Å². The van der Waals surface area contributed by atoms with Crippen LogP contribution in [0.15, 0.2) is 29.5 Å². The predicted molar refractivity (Wildman–Crippen MR) is 66.9 cm³/mol. The van der Waals surface area contributed by atoms with Gasteiger partial charge in [0.1, 0.15) is 29.5 Å². The normalized spacial score (nSPS) is 8.50. The Hall–Kier alpha value is -3.50. The number of carbonyl (C=O) groups is 1. The average Bonchev–Trinajstić information content (AvgIpc) is 2.48. The van der Waals surface area contributed by atoms with Gasteiger partial charge in [-0.3, -0.25) is 0 Å². The van der Waals surface area contributed by atoms with Gasteiger partial charge in [-0.25, -0.2) is 4.79 Å². The van der Waals surface area contributed by atoms with E-state index in [4.69, 9.17) is 15.8 Å². The van der Waals surface area contributed by atoms with E-state index in [2.05, 4.69) is 10.1 Å². The third-order valence-corrected chi connectivity index (χ3v) is 2.29. The molecule has 0 aliphatic heterocycles. The number of carbonyl (C=O) groups excluding carboxylic acids is 1. The van der Waals surface area contributed by atoms with E-state index in [0.29, 0.717) is 0 Å². The molecule has 0 aromatic heterocycles. The number of nitriles is 3. The number of ether oxygens (including phenoxy) is 1. The summed E-state index contributed by atoms with van der Waals surface area (Å²) in [6, 6.07) is 8.90. The first kappa shape index (κ1) is 14.6. The molecule has 0 amide bonds. The van der Waals surface area contributed by atoms with Crippen molar-refractivity contribution in [1.29, 1.82) is 15.8 Å². The van der Waals surface area contributed by atoms with Crippen LogP contribution in [0.5, 0.6) is 5.75 Å². The van der Waals surface area contributed by atoms with Crippen molar-refractivity contribution < 1.29 is 14.6 Å². The van der Waals surface area contributed by atoms with Gasteiger partial charge >= 0.3 is 5.97 Å². The molecule has 0 bridgehead atoms. The maximum Gasteiger partial charge on any atom is 0.341 e. The summed E-state index contributed by atoms with van der Waals surface area (Å²) in [5.41, 5.74) is -0.861. The van der Waals surface area contributed by atoms with Crippen LogP contribution < -0.4 is 5.32 Å². The van der Waals surface area contributed by atoms with Gasteiger partial charge in [-0.1, -0.05) is 6.07 Å². The molecule has 1 rings (SSSR count). The second-order valence-electron chi connectivity index (χ2n) is 3.40. The van der Waals surface area contributed by atoms with E-state index in [9.17, 15) is 9.90 Å². The van der Waals surface area contributed by atoms with Crippen molar-refractivity contribution in [3.05, 3.63) is 35.0 Å². The van der Waals surface area contributed by atoms with Crippen molar-refractivity contribution in [3.8, 4) is 24.0 Å². The Labute approximate surface area is 114 Å². The number of anilines is 1. The molecule has 1 aromatic rings. The van der Waals surface area contributed by atoms with Gasteiger partial charge in [0.15, 0.2) is 11.3 Å². The van der Waals surface area contributed by atoms with Gasteiger partial charge in [-0.15, -0.1) is 0 Å². The number of methoxy groups -OCH3 is 1. The SMILES string of the molecule is COC(=O)c1cccc(NC(C#N)=C(C#N)C#N)c1O. The highest BCUT2D eigenvalue weighted by Gasteiger charge is 2.16. The highest BCUT2D eigenvalue weighted by Crippen LogP contribution is 2.29. The largest absolute Gasteiger partial charge is 0.505 e. The van der Waals surface area contributed by atoms with Crippen LogP contribution in [-0.4, -0.2) is 18.2 Å². The topological polar surface area (TPSA) is 130 Å². The summed E-state index contributed by atoms with van der Waals surface area (Å²) in [6.45, 7) is 0. The molecular weight excluding hydrogens is 260 g/mol. The van der Waals surface area contributed by atoms with Gasteiger partial charge in [0.25, 0.3) is 0 Å². The molecular formula is C13H8N4O3. The van der Waals surface area contributed by atoms with E-state index in [1.54, 1.807) is 18.2 Å². The molecule has 20 heavy (non-hydrogen) atoms. The monoisotopic (exact) mass is 268 g/mol. The molecule has 2 N–H and O–H groups in total. The first-order valence-electron chi connectivity index (χ1n) is 5.20. The summed E-state index contributed by atoms with van der Waals surface area (Å²) in [5, 5.41) is 38.6. The second kappa shape index (κ2) is 6.44. The van der Waals surface area contributed by atoms with Crippen LogP contribution >= 0.6 is 0 Å². The van der Waals surface area contributed by atoms with Crippen LogP contribution in [0.25, 0.3) is 0 Å². The number of allylic oxidation sites excluding steroid dienone is 2. The lowest BCUT2D eigenvalue weighted by Gasteiger charge is -2.09. The lowest BCUT2D eigenvalue weighted by atomic mass is 10.1. The zero-order chi connectivity index (χ0) is 15.1. The van der Waals surface area contributed by atoms with Crippen LogP contribution in [0.1, 0.15) is 10.4 Å². The van der Waals surface area contributed by atoms with Crippen molar-refractivity contribution in [2.75, 3.05) is 12.4 Å². The Morgan fingerprint density at radius 3 is 2.40 bits per heavy atom. The average molecular weight is 268 g/mol. The van der Waals surface area contributed by atoms with Gasteiger partial charge in [0.2, 0.25) is 0 Å². The van der Waals surface area contributed by atoms with Crippen molar-refractivity contribution in [2.45, 2.75) is 0 Å². The van der Waals surface area contributed by atoms with E-state index in [1.807, 2.05) is 0 Å². The number of hydrogen-bond acceptors (Lipinski definition) is 7. The molecule has 7 nitrogen and oxygen atoms in total. The van der Waals surface area contributed by atoms with E-state index in [1.165, 1.54) is 18.2 Å². The maximum atomic E-state index is 11.4. The first-order chi connectivity index (χ1) is 9.58. The summed E-state index contributed by atoms with van der Waals surface area (Å²) in [4.78, 5) is 11.4. The molecule has 0 radical (unpaired) electrons. The quantitative estimate of drug-likeness (QED) is 0.481. The molecule has 0 fully saturated rings. The standard InChI is InChI=1S/C13H8N4O3/c1-20-13(19)9-3-2-4-10(12(9)18)17-11(7-16)8(5-14)6-15/h2-4,17-18H,1H3. The molecule has 0 spiro atoms. The smallest absolute Gasteiger partial charge is 0.341 e. The minimum absolute atomic E-state index is 0.00690. The van der Waals surface area contributed by atoms with Crippen LogP contribution in [0.2, 0.25) is 0 Å². The highest BCUT2D eigenvalue weighted by molar-refractivity contribution is 5.94. The van der Waals surface area contributed by atoms with E-state index in [0.717, 1.165) is 7.11 Å². The number of nitrogens with zero attached hydrogens (tertiary/aromatic N) is 3. The number of phenols is 1. The zero-order valence-corrected chi connectivity index (χ0v) is 10.3. The number of esters is 1. The molecule has 1 aromatic carbocycles. The molecule has 0 aliphatic rings. The number of aromatic hydroxyl groups is 1. The minimum atomic E-state index is -0.755. The Morgan fingerprint density at radius 2 is 1.90 bits per heavy atom. The molecule has 0 atom stereocenters. The number of rotatable bonds is 3. The Kier molecular flexibility index (Phi) is 4.69. The van der Waals surface area contributed by atoms with Crippen molar-refractivity contribution >= 4 is 11.7 Å². The third-order valence-electron chi connectivity index (χ3n) is 2.29. The number of para-hydroxylation sites is 1. The van der Waals surface area contributed by atoms with Crippen LogP contribution in [0.4, 0.5) is 5.69 Å². The Bertz CT molecular complexity index is 686. The number of benzene rings is 1. The van der Waals surface area contributed by atoms with Crippen LogP contribution in [-0.2, 0) is 4.74 Å². The summed E-state index contributed by atoms with van der Waals surface area (Å²) < 4.78 is 4.48. The zero-order valence-electron chi connectivity index (χ0n) is 10.3. The first-order valence-corrected chi connectivity index (χ1v) is 5.20. The highest BCUT2D eigenvalue weighted by atomic mass is 16.5.